The van der Waals surface area contributed by atoms with Gasteiger partial charge in [-0.25, -0.2) is 0 Å². The van der Waals surface area contributed by atoms with Crippen molar-refractivity contribution in [3.8, 4) is 0 Å². The van der Waals surface area contributed by atoms with Crippen molar-refractivity contribution in [2.24, 2.45) is 5.92 Å². The Balaban J connectivity index is 3.62. The van der Waals surface area contributed by atoms with Crippen molar-refractivity contribution in [3.63, 3.8) is 0 Å². The van der Waals surface area contributed by atoms with Gasteiger partial charge in [0.05, 0.1) is 0 Å². The van der Waals surface area contributed by atoms with E-state index in [1.165, 1.54) is 17.9 Å². The number of hydrogen-bond acceptors (Lipinski definition) is 3. The first kappa shape index (κ1) is 14.3. The summed E-state index contributed by atoms with van der Waals surface area (Å²) in [6, 6.07) is 0.627. The summed E-state index contributed by atoms with van der Waals surface area (Å²) < 4.78 is 5.10. The Morgan fingerprint density at radius 2 is 2.14 bits per heavy atom. The molecule has 2 atom stereocenters. The first-order chi connectivity index (χ1) is 6.76. The van der Waals surface area contributed by atoms with Crippen LogP contribution in [0.1, 0.15) is 26.7 Å². The van der Waals surface area contributed by atoms with Crippen molar-refractivity contribution in [2.45, 2.75) is 32.7 Å². The van der Waals surface area contributed by atoms with E-state index in [0.29, 0.717) is 12.0 Å². The Hall–Kier alpha value is 0.270. The highest BCUT2D eigenvalue weighted by molar-refractivity contribution is 7.99. The van der Waals surface area contributed by atoms with E-state index in [1.54, 1.807) is 7.11 Å². The van der Waals surface area contributed by atoms with Gasteiger partial charge < -0.3 is 10.1 Å². The summed E-state index contributed by atoms with van der Waals surface area (Å²) in [4.78, 5) is 0. The Kier molecular flexibility index (Phi) is 10.0. The van der Waals surface area contributed by atoms with E-state index in [-0.39, 0.29) is 0 Å². The molecule has 0 aliphatic heterocycles. The van der Waals surface area contributed by atoms with Crippen LogP contribution in [0.25, 0.3) is 0 Å². The van der Waals surface area contributed by atoms with Crippen molar-refractivity contribution in [3.05, 3.63) is 0 Å². The van der Waals surface area contributed by atoms with E-state index >= 15 is 0 Å². The van der Waals surface area contributed by atoms with E-state index in [9.17, 15) is 0 Å². The summed E-state index contributed by atoms with van der Waals surface area (Å²) in [7, 11) is 3.83. The number of methoxy groups -OCH3 is 1. The molecule has 0 aromatic carbocycles. The molecule has 0 amide bonds. The fraction of sp³-hybridized carbons (Fsp3) is 1.00. The minimum Gasteiger partial charge on any atom is -0.385 e. The molecule has 1 N–H and O–H groups in total. The van der Waals surface area contributed by atoms with Crippen molar-refractivity contribution < 1.29 is 4.74 Å². The zero-order chi connectivity index (χ0) is 10.8. The summed E-state index contributed by atoms with van der Waals surface area (Å²) in [6.45, 7) is 5.40. The Morgan fingerprint density at radius 1 is 1.43 bits per heavy atom. The SMILES string of the molecule is CCCSCC(NC)C(C)CCOC. The summed E-state index contributed by atoms with van der Waals surface area (Å²) >= 11 is 2.04. The standard InChI is InChI=1S/C11H25NOS/c1-5-8-14-9-11(12-3)10(2)6-7-13-4/h10-12H,5-9H2,1-4H3. The smallest absolute Gasteiger partial charge is 0.0465 e. The molecule has 0 bridgehead atoms. The second-order valence-electron chi connectivity index (χ2n) is 3.73. The van der Waals surface area contributed by atoms with Gasteiger partial charge in [-0.2, -0.15) is 11.8 Å². The maximum Gasteiger partial charge on any atom is 0.0465 e. The number of thioether (sulfide) groups is 1. The Labute approximate surface area is 93.2 Å². The molecular weight excluding hydrogens is 194 g/mol. The highest BCUT2D eigenvalue weighted by Crippen LogP contribution is 2.14. The van der Waals surface area contributed by atoms with Gasteiger partial charge in [0.2, 0.25) is 0 Å². The maximum atomic E-state index is 5.10. The predicted octanol–water partition coefficient (Wildman–Crippen LogP) is 2.39. The van der Waals surface area contributed by atoms with Gasteiger partial charge in [-0.15, -0.1) is 0 Å². The van der Waals surface area contributed by atoms with Crippen LogP contribution in [0.2, 0.25) is 0 Å². The molecule has 0 saturated heterocycles. The zero-order valence-corrected chi connectivity index (χ0v) is 10.8. The molecule has 14 heavy (non-hydrogen) atoms. The molecule has 0 aliphatic rings. The highest BCUT2D eigenvalue weighted by Gasteiger charge is 2.14. The van der Waals surface area contributed by atoms with Crippen LogP contribution in [0.5, 0.6) is 0 Å². The van der Waals surface area contributed by atoms with E-state index < -0.39 is 0 Å². The molecule has 0 aromatic rings. The monoisotopic (exact) mass is 219 g/mol. The molecule has 86 valence electrons. The predicted molar refractivity (Wildman–Crippen MR) is 66.1 cm³/mol. The summed E-state index contributed by atoms with van der Waals surface area (Å²) in [5.41, 5.74) is 0. The van der Waals surface area contributed by atoms with Crippen molar-refractivity contribution >= 4 is 11.8 Å². The number of nitrogens with one attached hydrogen (secondary N) is 1. The van der Waals surface area contributed by atoms with Crippen LogP contribution in [-0.4, -0.2) is 38.3 Å². The van der Waals surface area contributed by atoms with Crippen LogP contribution in [0.15, 0.2) is 0 Å². The van der Waals surface area contributed by atoms with Crippen molar-refractivity contribution in [2.75, 3.05) is 32.3 Å². The van der Waals surface area contributed by atoms with Crippen LogP contribution >= 0.6 is 11.8 Å². The van der Waals surface area contributed by atoms with Gasteiger partial charge in [-0.1, -0.05) is 13.8 Å². The van der Waals surface area contributed by atoms with E-state index in [4.69, 9.17) is 4.74 Å². The molecule has 0 spiro atoms. The Morgan fingerprint density at radius 3 is 2.64 bits per heavy atom. The van der Waals surface area contributed by atoms with Crippen LogP contribution in [0.3, 0.4) is 0 Å². The van der Waals surface area contributed by atoms with Crippen LogP contribution < -0.4 is 5.32 Å². The Bertz CT molecular complexity index is 122. The molecular formula is C11H25NOS. The lowest BCUT2D eigenvalue weighted by molar-refractivity contribution is 0.173. The van der Waals surface area contributed by atoms with Gasteiger partial charge in [0, 0.05) is 25.5 Å². The minimum atomic E-state index is 0.627. The molecule has 0 aromatic heterocycles. The minimum absolute atomic E-state index is 0.627. The molecule has 0 rings (SSSR count). The summed E-state index contributed by atoms with van der Waals surface area (Å²) in [6.07, 6.45) is 2.42. The fourth-order valence-corrected chi connectivity index (χ4v) is 2.60. The second-order valence-corrected chi connectivity index (χ2v) is 4.88. The summed E-state index contributed by atoms with van der Waals surface area (Å²) in [5.74, 6) is 3.19. The number of hydrogen-bond donors (Lipinski definition) is 1. The maximum absolute atomic E-state index is 5.10. The van der Waals surface area contributed by atoms with Crippen LogP contribution in [-0.2, 0) is 4.74 Å². The first-order valence-corrected chi connectivity index (χ1v) is 6.65. The molecule has 0 heterocycles. The third-order valence-corrected chi connectivity index (χ3v) is 3.77. The van der Waals surface area contributed by atoms with Crippen molar-refractivity contribution in [1.82, 2.24) is 5.32 Å². The molecule has 0 saturated carbocycles. The quantitative estimate of drug-likeness (QED) is 0.602. The van der Waals surface area contributed by atoms with E-state index in [0.717, 1.165) is 13.0 Å². The van der Waals surface area contributed by atoms with Gasteiger partial charge in [0.15, 0.2) is 0 Å². The molecule has 2 unspecified atom stereocenters. The molecule has 0 radical (unpaired) electrons. The van der Waals surface area contributed by atoms with Gasteiger partial charge in [0.1, 0.15) is 0 Å². The highest BCUT2D eigenvalue weighted by atomic mass is 32.2. The van der Waals surface area contributed by atoms with Gasteiger partial charge in [0.25, 0.3) is 0 Å². The van der Waals surface area contributed by atoms with Gasteiger partial charge in [-0.3, -0.25) is 0 Å². The first-order valence-electron chi connectivity index (χ1n) is 5.50. The van der Waals surface area contributed by atoms with E-state index in [1.807, 2.05) is 11.8 Å². The largest absolute Gasteiger partial charge is 0.385 e. The zero-order valence-electron chi connectivity index (χ0n) is 10.0. The average molecular weight is 219 g/mol. The molecule has 0 fully saturated rings. The third kappa shape index (κ3) is 6.68. The van der Waals surface area contributed by atoms with Crippen LogP contribution in [0.4, 0.5) is 0 Å². The lowest BCUT2D eigenvalue weighted by Gasteiger charge is -2.22. The van der Waals surface area contributed by atoms with Crippen molar-refractivity contribution in [1.29, 1.82) is 0 Å². The number of ether oxygens (including phenoxy) is 1. The second kappa shape index (κ2) is 9.81. The van der Waals surface area contributed by atoms with Gasteiger partial charge in [-0.05, 0) is 31.6 Å². The topological polar surface area (TPSA) is 21.3 Å². The lowest BCUT2D eigenvalue weighted by atomic mass is 10.0. The normalized spacial score (nSPS) is 15.4. The average Bonchev–Trinajstić information content (AvgIpc) is 2.21. The fourth-order valence-electron chi connectivity index (χ4n) is 1.39. The summed E-state index contributed by atoms with van der Waals surface area (Å²) in [5, 5.41) is 3.39. The molecule has 3 heteroatoms. The third-order valence-electron chi connectivity index (χ3n) is 2.48. The lowest BCUT2D eigenvalue weighted by Crippen LogP contribution is -2.35. The molecule has 0 aliphatic carbocycles. The van der Waals surface area contributed by atoms with E-state index in [2.05, 4.69) is 26.2 Å². The van der Waals surface area contributed by atoms with Crippen LogP contribution in [0, 0.1) is 5.92 Å². The van der Waals surface area contributed by atoms with Gasteiger partial charge >= 0.3 is 0 Å². The molecule has 2 nitrogen and oxygen atoms in total. The number of rotatable bonds is 9.